The van der Waals surface area contributed by atoms with Crippen molar-refractivity contribution in [1.82, 2.24) is 15.1 Å². The average Bonchev–Trinajstić information content (AvgIpc) is 3.33. The summed E-state index contributed by atoms with van der Waals surface area (Å²) in [5.41, 5.74) is 2.54. The predicted octanol–water partition coefficient (Wildman–Crippen LogP) is 4.29. The molecule has 1 atom stereocenters. The van der Waals surface area contributed by atoms with Gasteiger partial charge in [0.2, 0.25) is 0 Å². The second kappa shape index (κ2) is 9.26. The lowest BCUT2D eigenvalue weighted by atomic mass is 10.1. The molecule has 0 radical (unpaired) electrons. The molecule has 6 heteroatoms. The number of ether oxygens (including phenoxy) is 1. The third-order valence-electron chi connectivity index (χ3n) is 4.55. The number of furan rings is 1. The van der Waals surface area contributed by atoms with Crippen molar-refractivity contribution < 1.29 is 13.9 Å². The molecule has 2 aromatic heterocycles. The number of benzene rings is 1. The van der Waals surface area contributed by atoms with Gasteiger partial charge in [-0.15, -0.1) is 0 Å². The van der Waals surface area contributed by atoms with E-state index >= 15 is 0 Å². The average molecular weight is 381 g/mol. The highest BCUT2D eigenvalue weighted by atomic mass is 16.5. The molecule has 6 nitrogen and oxygen atoms in total. The Bertz CT molecular complexity index is 882. The molecule has 1 N–H and O–H groups in total. The van der Waals surface area contributed by atoms with Crippen LogP contribution >= 0.6 is 0 Å². The third-order valence-corrected chi connectivity index (χ3v) is 4.55. The molecule has 0 saturated heterocycles. The minimum Gasteiger partial charge on any atom is -0.494 e. The molecule has 1 aromatic carbocycles. The molecule has 0 spiro atoms. The Balaban J connectivity index is 1.66. The first-order chi connectivity index (χ1) is 13.6. The van der Waals surface area contributed by atoms with Crippen LogP contribution in [-0.2, 0) is 0 Å². The second-order valence-corrected chi connectivity index (χ2v) is 6.84. The SMILES string of the molecule is CCCCOc1ccc(C(=O)NCC(c2ccco2)n2nc(C)cc2C)cc1. The van der Waals surface area contributed by atoms with Crippen molar-refractivity contribution in [3.8, 4) is 5.75 Å². The highest BCUT2D eigenvalue weighted by Gasteiger charge is 2.21. The highest BCUT2D eigenvalue weighted by molar-refractivity contribution is 5.94. The Kier molecular flexibility index (Phi) is 6.53. The van der Waals surface area contributed by atoms with E-state index in [1.54, 1.807) is 18.4 Å². The summed E-state index contributed by atoms with van der Waals surface area (Å²) in [4.78, 5) is 12.6. The van der Waals surface area contributed by atoms with Gasteiger partial charge in [-0.25, -0.2) is 0 Å². The zero-order valence-corrected chi connectivity index (χ0v) is 16.6. The van der Waals surface area contributed by atoms with Gasteiger partial charge >= 0.3 is 0 Å². The lowest BCUT2D eigenvalue weighted by molar-refractivity contribution is 0.0948. The van der Waals surface area contributed by atoms with Gasteiger partial charge in [-0.2, -0.15) is 5.10 Å². The van der Waals surface area contributed by atoms with Gasteiger partial charge in [0.1, 0.15) is 17.6 Å². The molecule has 2 heterocycles. The summed E-state index contributed by atoms with van der Waals surface area (Å²) in [6.45, 7) is 7.14. The molecular weight excluding hydrogens is 354 g/mol. The number of rotatable bonds is 9. The van der Waals surface area contributed by atoms with E-state index in [1.165, 1.54) is 0 Å². The van der Waals surface area contributed by atoms with E-state index in [4.69, 9.17) is 9.15 Å². The molecule has 0 aliphatic heterocycles. The molecule has 0 aliphatic carbocycles. The van der Waals surface area contributed by atoms with Crippen LogP contribution in [0, 0.1) is 13.8 Å². The topological polar surface area (TPSA) is 69.3 Å². The Morgan fingerprint density at radius 3 is 2.64 bits per heavy atom. The van der Waals surface area contributed by atoms with E-state index in [2.05, 4.69) is 17.3 Å². The van der Waals surface area contributed by atoms with Crippen LogP contribution in [0.4, 0.5) is 0 Å². The van der Waals surface area contributed by atoms with E-state index in [-0.39, 0.29) is 11.9 Å². The lowest BCUT2D eigenvalue weighted by Gasteiger charge is -2.18. The van der Waals surface area contributed by atoms with Crippen LogP contribution in [0.25, 0.3) is 0 Å². The van der Waals surface area contributed by atoms with Gasteiger partial charge in [-0.05, 0) is 62.7 Å². The third kappa shape index (κ3) is 4.82. The summed E-state index contributed by atoms with van der Waals surface area (Å²) in [7, 11) is 0. The van der Waals surface area contributed by atoms with E-state index < -0.39 is 0 Å². The van der Waals surface area contributed by atoms with Gasteiger partial charge in [0.15, 0.2) is 0 Å². The minimum atomic E-state index is -0.204. The number of hydrogen-bond acceptors (Lipinski definition) is 4. The van der Waals surface area contributed by atoms with Crippen LogP contribution in [0.5, 0.6) is 5.75 Å². The Labute approximate surface area is 165 Å². The summed E-state index contributed by atoms with van der Waals surface area (Å²) in [5.74, 6) is 1.39. The number of hydrogen-bond donors (Lipinski definition) is 1. The van der Waals surface area contributed by atoms with Crippen LogP contribution in [0.2, 0.25) is 0 Å². The van der Waals surface area contributed by atoms with Gasteiger partial charge in [-0.3, -0.25) is 9.48 Å². The van der Waals surface area contributed by atoms with Crippen LogP contribution in [-0.4, -0.2) is 28.8 Å². The highest BCUT2D eigenvalue weighted by Crippen LogP contribution is 2.20. The number of unbranched alkanes of at least 4 members (excludes halogenated alkanes) is 1. The molecule has 0 bridgehead atoms. The quantitative estimate of drug-likeness (QED) is 0.561. The first-order valence-electron chi connectivity index (χ1n) is 9.65. The zero-order chi connectivity index (χ0) is 19.9. The van der Waals surface area contributed by atoms with Crippen molar-refractivity contribution in [2.45, 2.75) is 39.7 Å². The minimum absolute atomic E-state index is 0.141. The van der Waals surface area contributed by atoms with Crippen LogP contribution in [0.3, 0.4) is 0 Å². The number of carbonyl (C=O) groups excluding carboxylic acids is 1. The van der Waals surface area contributed by atoms with E-state index in [0.717, 1.165) is 35.7 Å². The van der Waals surface area contributed by atoms with Crippen LogP contribution < -0.4 is 10.1 Å². The standard InChI is InChI=1S/C22H27N3O3/c1-4-5-12-27-19-10-8-18(9-11-19)22(26)23-15-20(21-7-6-13-28-21)25-17(3)14-16(2)24-25/h6-11,13-14,20H,4-5,12,15H2,1-3H3,(H,23,26). The van der Waals surface area contributed by atoms with Crippen LogP contribution in [0.15, 0.2) is 53.1 Å². The fraction of sp³-hybridized carbons (Fsp3) is 0.364. The molecule has 0 aliphatic rings. The Morgan fingerprint density at radius 1 is 1.25 bits per heavy atom. The fourth-order valence-corrected chi connectivity index (χ4v) is 3.08. The molecule has 3 rings (SSSR count). The number of carbonyl (C=O) groups is 1. The maximum atomic E-state index is 12.6. The van der Waals surface area contributed by atoms with E-state index in [9.17, 15) is 4.79 Å². The van der Waals surface area contributed by atoms with Crippen molar-refractivity contribution in [3.63, 3.8) is 0 Å². The second-order valence-electron chi connectivity index (χ2n) is 6.84. The number of aryl methyl sites for hydroxylation is 2. The van der Waals surface area contributed by atoms with Crippen molar-refractivity contribution >= 4 is 5.91 Å². The molecular formula is C22H27N3O3. The molecule has 0 saturated carbocycles. The monoisotopic (exact) mass is 381 g/mol. The van der Waals surface area contributed by atoms with Gasteiger partial charge in [0.05, 0.1) is 18.6 Å². The first-order valence-corrected chi connectivity index (χ1v) is 9.65. The normalized spacial score (nSPS) is 12.0. The molecule has 28 heavy (non-hydrogen) atoms. The summed E-state index contributed by atoms with van der Waals surface area (Å²) in [6.07, 6.45) is 3.74. The fourth-order valence-electron chi connectivity index (χ4n) is 3.08. The van der Waals surface area contributed by atoms with Crippen LogP contribution in [0.1, 0.15) is 53.3 Å². The maximum Gasteiger partial charge on any atom is 0.251 e. The maximum absolute atomic E-state index is 12.6. The summed E-state index contributed by atoms with van der Waals surface area (Å²) < 4.78 is 13.1. The van der Waals surface area contributed by atoms with E-state index in [1.807, 2.05) is 48.9 Å². The zero-order valence-electron chi connectivity index (χ0n) is 16.6. The smallest absolute Gasteiger partial charge is 0.251 e. The van der Waals surface area contributed by atoms with Crippen molar-refractivity contribution in [1.29, 1.82) is 0 Å². The molecule has 1 amide bonds. The molecule has 3 aromatic rings. The Hall–Kier alpha value is -3.02. The van der Waals surface area contributed by atoms with Gasteiger partial charge in [-0.1, -0.05) is 13.3 Å². The number of nitrogens with zero attached hydrogens (tertiary/aromatic N) is 2. The summed E-state index contributed by atoms with van der Waals surface area (Å²) in [5, 5.41) is 7.55. The number of amides is 1. The first kappa shape index (κ1) is 19.7. The predicted molar refractivity (Wildman–Crippen MR) is 108 cm³/mol. The lowest BCUT2D eigenvalue weighted by Crippen LogP contribution is -2.32. The van der Waals surface area contributed by atoms with E-state index in [0.29, 0.717) is 18.7 Å². The molecule has 148 valence electrons. The van der Waals surface area contributed by atoms with Crippen molar-refractivity contribution in [2.24, 2.45) is 0 Å². The van der Waals surface area contributed by atoms with Gasteiger partial charge < -0.3 is 14.5 Å². The molecule has 0 fully saturated rings. The van der Waals surface area contributed by atoms with Gasteiger partial charge in [0, 0.05) is 17.8 Å². The largest absolute Gasteiger partial charge is 0.494 e. The van der Waals surface area contributed by atoms with Gasteiger partial charge in [0.25, 0.3) is 5.91 Å². The summed E-state index contributed by atoms with van der Waals surface area (Å²) >= 11 is 0. The number of nitrogens with one attached hydrogen (secondary N) is 1. The Morgan fingerprint density at radius 2 is 2.04 bits per heavy atom. The number of aromatic nitrogens is 2. The molecule has 1 unspecified atom stereocenters. The van der Waals surface area contributed by atoms with Crippen molar-refractivity contribution in [2.75, 3.05) is 13.2 Å². The van der Waals surface area contributed by atoms with Crippen molar-refractivity contribution in [3.05, 3.63) is 71.4 Å². The summed E-state index contributed by atoms with van der Waals surface area (Å²) in [6, 6.07) is 12.8.